The molecule has 6 nitrogen and oxygen atoms in total. The molecule has 28 heavy (non-hydrogen) atoms. The number of aromatic hydroxyl groups is 1. The molecular weight excluding hydrogens is 356 g/mol. The minimum Gasteiger partial charge on any atom is -0.507 e. The van der Waals surface area contributed by atoms with E-state index in [9.17, 15) is 9.90 Å². The number of carbonyl (C=O) groups excluding carboxylic acids is 1. The zero-order chi connectivity index (χ0) is 20.1. The number of amides is 1. The third-order valence-electron chi connectivity index (χ3n) is 4.32. The van der Waals surface area contributed by atoms with E-state index in [2.05, 4.69) is 5.32 Å². The lowest BCUT2D eigenvalue weighted by atomic mass is 10.1. The molecule has 0 heterocycles. The number of nitrogens with one attached hydrogen (secondary N) is 1. The first-order valence-corrected chi connectivity index (χ1v) is 8.96. The van der Waals surface area contributed by atoms with Gasteiger partial charge in [0, 0.05) is 29.2 Å². The predicted molar refractivity (Wildman–Crippen MR) is 111 cm³/mol. The molecule has 0 aromatic heterocycles. The van der Waals surface area contributed by atoms with Crippen molar-refractivity contribution in [3.8, 4) is 17.2 Å². The largest absolute Gasteiger partial charge is 0.507 e. The van der Waals surface area contributed by atoms with Crippen LogP contribution in [0.3, 0.4) is 0 Å². The Balaban J connectivity index is 1.80. The first-order chi connectivity index (χ1) is 13.5. The fourth-order valence-electron chi connectivity index (χ4n) is 2.83. The summed E-state index contributed by atoms with van der Waals surface area (Å²) in [5.74, 6) is 0.916. The third kappa shape index (κ3) is 4.53. The van der Waals surface area contributed by atoms with E-state index in [1.807, 2.05) is 43.3 Å². The average molecular weight is 380 g/mol. The summed E-state index contributed by atoms with van der Waals surface area (Å²) in [6.07, 6.45) is 0. The monoisotopic (exact) mass is 380 g/mol. The van der Waals surface area contributed by atoms with Crippen LogP contribution in [0.15, 0.2) is 54.6 Å². The Morgan fingerprint density at radius 2 is 1.86 bits per heavy atom. The number of hydrogen-bond acceptors (Lipinski definition) is 5. The molecule has 3 aromatic carbocycles. The van der Waals surface area contributed by atoms with Crippen LogP contribution in [0, 0.1) is 0 Å². The van der Waals surface area contributed by atoms with Crippen LogP contribution in [0.2, 0.25) is 0 Å². The molecule has 0 saturated carbocycles. The first-order valence-electron chi connectivity index (χ1n) is 8.96. The quantitative estimate of drug-likeness (QED) is 0.653. The summed E-state index contributed by atoms with van der Waals surface area (Å²) < 4.78 is 11.1. The number of benzene rings is 3. The molecule has 0 unspecified atom stereocenters. The zero-order valence-corrected chi connectivity index (χ0v) is 16.2. The second-order valence-corrected chi connectivity index (χ2v) is 6.69. The van der Waals surface area contributed by atoms with E-state index in [0.717, 1.165) is 11.9 Å². The highest BCUT2D eigenvalue weighted by molar-refractivity contribution is 6.07. The van der Waals surface area contributed by atoms with E-state index in [1.165, 1.54) is 6.07 Å². The van der Waals surface area contributed by atoms with Gasteiger partial charge >= 0.3 is 0 Å². The number of anilines is 1. The van der Waals surface area contributed by atoms with Crippen LogP contribution in [0.4, 0.5) is 5.69 Å². The average Bonchev–Trinajstić information content (AvgIpc) is 2.68. The molecule has 0 saturated heterocycles. The summed E-state index contributed by atoms with van der Waals surface area (Å²) in [6, 6.07) is 15.8. The molecule has 0 aliphatic carbocycles. The molecule has 2 N–H and O–H groups in total. The summed E-state index contributed by atoms with van der Waals surface area (Å²) in [7, 11) is 5.51. The Labute approximate surface area is 164 Å². The number of ether oxygens (including phenoxy) is 2. The molecule has 0 spiro atoms. The second kappa shape index (κ2) is 8.63. The Kier molecular flexibility index (Phi) is 6.01. The molecule has 0 fully saturated rings. The van der Waals surface area contributed by atoms with E-state index in [1.54, 1.807) is 31.4 Å². The smallest absolute Gasteiger partial charge is 0.255 e. The van der Waals surface area contributed by atoms with Crippen molar-refractivity contribution in [1.82, 2.24) is 4.90 Å². The second-order valence-electron chi connectivity index (χ2n) is 6.69. The number of likely N-dealkylation sites (N-methyl/N-ethyl adjacent to an activating group) is 1. The highest BCUT2D eigenvalue weighted by atomic mass is 16.5. The molecule has 0 atom stereocenters. The Morgan fingerprint density at radius 1 is 1.07 bits per heavy atom. The van der Waals surface area contributed by atoms with Crippen molar-refractivity contribution in [2.24, 2.45) is 0 Å². The zero-order valence-electron chi connectivity index (χ0n) is 16.2. The lowest BCUT2D eigenvalue weighted by Gasteiger charge is -2.15. The van der Waals surface area contributed by atoms with Crippen LogP contribution in [0.1, 0.15) is 10.4 Å². The minimum absolute atomic E-state index is 0.0747. The molecule has 1 amide bonds. The van der Waals surface area contributed by atoms with Crippen molar-refractivity contribution in [2.45, 2.75) is 0 Å². The van der Waals surface area contributed by atoms with Gasteiger partial charge in [-0.1, -0.05) is 24.3 Å². The molecular formula is C22H24N2O4. The van der Waals surface area contributed by atoms with Gasteiger partial charge in [0.25, 0.3) is 5.91 Å². The van der Waals surface area contributed by atoms with Gasteiger partial charge in [-0.2, -0.15) is 0 Å². The van der Waals surface area contributed by atoms with Gasteiger partial charge < -0.3 is 24.8 Å². The Hall–Kier alpha value is -3.25. The van der Waals surface area contributed by atoms with Crippen LogP contribution >= 0.6 is 0 Å². The van der Waals surface area contributed by atoms with Gasteiger partial charge in [0.15, 0.2) is 11.5 Å². The van der Waals surface area contributed by atoms with Crippen molar-refractivity contribution in [2.75, 3.05) is 39.7 Å². The fourth-order valence-corrected chi connectivity index (χ4v) is 2.83. The van der Waals surface area contributed by atoms with Crippen LogP contribution in [0.25, 0.3) is 10.8 Å². The summed E-state index contributed by atoms with van der Waals surface area (Å²) in [5.41, 5.74) is 0.959. The van der Waals surface area contributed by atoms with Crippen LogP contribution < -0.4 is 14.8 Å². The first kappa shape index (κ1) is 19.5. The number of carbonyl (C=O) groups is 1. The minimum atomic E-state index is -0.314. The summed E-state index contributed by atoms with van der Waals surface area (Å²) in [4.78, 5) is 14.7. The number of hydrogen-bond donors (Lipinski definition) is 2. The standard InChI is InChI=1S/C22H24N2O4/c1-24(2)10-11-28-21-14-17(8-9-20(21)27-3)23-22(26)16-12-15-6-4-5-7-18(15)19(25)13-16/h4-9,12-14,25H,10-11H2,1-3H3,(H,23,26). The van der Waals surface area contributed by atoms with Gasteiger partial charge in [0.1, 0.15) is 12.4 Å². The van der Waals surface area contributed by atoms with Gasteiger partial charge in [-0.25, -0.2) is 0 Å². The fraction of sp³-hybridized carbons (Fsp3) is 0.227. The molecule has 0 bridgehead atoms. The van der Waals surface area contributed by atoms with Crippen molar-refractivity contribution < 1.29 is 19.4 Å². The number of phenolic OH excluding ortho intramolecular Hbond substituents is 1. The van der Waals surface area contributed by atoms with E-state index in [0.29, 0.717) is 34.7 Å². The third-order valence-corrected chi connectivity index (χ3v) is 4.32. The van der Waals surface area contributed by atoms with Crippen LogP contribution in [-0.4, -0.2) is 50.3 Å². The summed E-state index contributed by atoms with van der Waals surface area (Å²) in [6.45, 7) is 1.26. The van der Waals surface area contributed by atoms with E-state index < -0.39 is 0 Å². The normalized spacial score (nSPS) is 10.9. The lowest BCUT2D eigenvalue weighted by molar-refractivity contribution is 0.102. The van der Waals surface area contributed by atoms with Crippen LogP contribution in [0.5, 0.6) is 17.2 Å². The number of methoxy groups -OCH3 is 1. The van der Waals surface area contributed by atoms with Gasteiger partial charge in [0.2, 0.25) is 0 Å². The van der Waals surface area contributed by atoms with E-state index >= 15 is 0 Å². The lowest BCUT2D eigenvalue weighted by Crippen LogP contribution is -2.19. The van der Waals surface area contributed by atoms with Gasteiger partial charge in [-0.15, -0.1) is 0 Å². The van der Waals surface area contributed by atoms with Crippen molar-refractivity contribution >= 4 is 22.4 Å². The number of nitrogens with zero attached hydrogens (tertiary/aromatic N) is 1. The number of rotatable bonds is 7. The molecule has 6 heteroatoms. The topological polar surface area (TPSA) is 71.0 Å². The highest BCUT2D eigenvalue weighted by Gasteiger charge is 2.12. The SMILES string of the molecule is COc1ccc(NC(=O)c2cc(O)c3ccccc3c2)cc1OCCN(C)C. The van der Waals surface area contributed by atoms with E-state index in [-0.39, 0.29) is 11.7 Å². The molecule has 0 aliphatic rings. The molecule has 0 radical (unpaired) electrons. The van der Waals surface area contributed by atoms with E-state index in [4.69, 9.17) is 9.47 Å². The van der Waals surface area contributed by atoms with Crippen molar-refractivity contribution in [3.05, 3.63) is 60.2 Å². The van der Waals surface area contributed by atoms with Crippen molar-refractivity contribution in [3.63, 3.8) is 0 Å². The molecule has 3 aromatic rings. The molecule has 146 valence electrons. The van der Waals surface area contributed by atoms with Gasteiger partial charge in [-0.3, -0.25) is 4.79 Å². The maximum Gasteiger partial charge on any atom is 0.255 e. The Morgan fingerprint density at radius 3 is 2.61 bits per heavy atom. The van der Waals surface area contributed by atoms with Gasteiger partial charge in [0.05, 0.1) is 7.11 Å². The maximum atomic E-state index is 12.7. The highest BCUT2D eigenvalue weighted by Crippen LogP contribution is 2.31. The number of fused-ring (bicyclic) bond motifs is 1. The molecule has 3 rings (SSSR count). The van der Waals surface area contributed by atoms with Gasteiger partial charge in [-0.05, 0) is 43.7 Å². The van der Waals surface area contributed by atoms with Crippen LogP contribution in [-0.2, 0) is 0 Å². The summed E-state index contributed by atoms with van der Waals surface area (Å²) in [5, 5.41) is 14.6. The summed E-state index contributed by atoms with van der Waals surface area (Å²) >= 11 is 0. The Bertz CT molecular complexity index is 985. The number of phenols is 1. The molecule has 0 aliphatic heterocycles. The van der Waals surface area contributed by atoms with Crippen molar-refractivity contribution in [1.29, 1.82) is 0 Å². The maximum absolute atomic E-state index is 12.7. The predicted octanol–water partition coefficient (Wildman–Crippen LogP) is 3.75.